The molecule has 6 heteroatoms. The third-order valence-corrected chi connectivity index (χ3v) is 5.24. The van der Waals surface area contributed by atoms with E-state index in [-0.39, 0.29) is 16.1 Å². The average molecular weight is 285 g/mol. The number of hydrogen-bond donors (Lipinski definition) is 0. The van der Waals surface area contributed by atoms with E-state index in [1.54, 1.807) is 24.3 Å². The van der Waals surface area contributed by atoms with Gasteiger partial charge in [-0.25, -0.2) is 12.7 Å². The van der Waals surface area contributed by atoms with Crippen LogP contribution in [-0.2, 0) is 14.8 Å². The lowest BCUT2D eigenvalue weighted by molar-refractivity contribution is 0.323. The summed E-state index contributed by atoms with van der Waals surface area (Å²) < 4.78 is 31.4. The first-order valence-electron chi connectivity index (χ1n) is 5.74. The predicted octanol–water partition coefficient (Wildman–Crippen LogP) is 2.08. The zero-order chi connectivity index (χ0) is 13.3. The molecular formula is C12H15NO3S2. The van der Waals surface area contributed by atoms with E-state index in [4.69, 9.17) is 17.0 Å². The van der Waals surface area contributed by atoms with Crippen LogP contribution in [-0.4, -0.2) is 30.5 Å². The van der Waals surface area contributed by atoms with Crippen LogP contribution in [0.3, 0.4) is 0 Å². The van der Waals surface area contributed by atoms with Gasteiger partial charge in [0.1, 0.15) is 6.61 Å². The molecule has 2 rings (SSSR count). The highest BCUT2D eigenvalue weighted by Gasteiger charge is 2.38. The number of rotatable bonds is 3. The Labute approximate surface area is 113 Å². The third-order valence-electron chi connectivity index (χ3n) is 2.96. The van der Waals surface area contributed by atoms with Crippen molar-refractivity contribution in [3.63, 3.8) is 0 Å². The van der Waals surface area contributed by atoms with Gasteiger partial charge in [0.25, 0.3) is 15.2 Å². The van der Waals surface area contributed by atoms with Gasteiger partial charge in [0.2, 0.25) is 0 Å². The van der Waals surface area contributed by atoms with Crippen LogP contribution in [0.5, 0.6) is 0 Å². The number of thiocarbonyl (C=S) groups is 1. The van der Waals surface area contributed by atoms with Gasteiger partial charge in [-0.05, 0) is 37.7 Å². The number of hydrogen-bond acceptors (Lipinski definition) is 4. The number of ether oxygens (including phenoxy) is 1. The summed E-state index contributed by atoms with van der Waals surface area (Å²) >= 11 is 4.98. The molecule has 1 atom stereocenters. The first kappa shape index (κ1) is 13.3. The van der Waals surface area contributed by atoms with Crippen LogP contribution >= 0.6 is 12.2 Å². The van der Waals surface area contributed by atoms with Gasteiger partial charge in [-0.1, -0.05) is 24.6 Å². The van der Waals surface area contributed by atoms with E-state index in [2.05, 4.69) is 0 Å². The highest BCUT2D eigenvalue weighted by Crippen LogP contribution is 2.25. The molecule has 0 aromatic heterocycles. The summed E-state index contributed by atoms with van der Waals surface area (Å²) in [5.41, 5.74) is 1.02. The van der Waals surface area contributed by atoms with E-state index in [0.717, 1.165) is 5.56 Å². The molecule has 1 saturated heterocycles. The second-order valence-corrected chi connectivity index (χ2v) is 6.42. The molecule has 0 aliphatic carbocycles. The Hall–Kier alpha value is -1.14. The van der Waals surface area contributed by atoms with Gasteiger partial charge in [-0.3, -0.25) is 0 Å². The van der Waals surface area contributed by atoms with Gasteiger partial charge in [0.15, 0.2) is 0 Å². The molecule has 0 saturated carbocycles. The number of sulfonamides is 1. The summed E-state index contributed by atoms with van der Waals surface area (Å²) in [7, 11) is -3.60. The summed E-state index contributed by atoms with van der Waals surface area (Å²) in [6, 6.07) is 6.53. The molecule has 18 heavy (non-hydrogen) atoms. The number of aryl methyl sites for hydroxylation is 1. The Morgan fingerprint density at radius 3 is 2.56 bits per heavy atom. The van der Waals surface area contributed by atoms with Crippen LogP contribution in [0.25, 0.3) is 0 Å². The van der Waals surface area contributed by atoms with Gasteiger partial charge >= 0.3 is 0 Å². The first-order chi connectivity index (χ1) is 8.46. The molecule has 4 nitrogen and oxygen atoms in total. The molecule has 0 radical (unpaired) electrons. The Kier molecular flexibility index (Phi) is 3.59. The van der Waals surface area contributed by atoms with Crippen LogP contribution in [0.1, 0.15) is 18.9 Å². The highest BCUT2D eigenvalue weighted by molar-refractivity contribution is 7.91. The Balaban J connectivity index is 2.41. The van der Waals surface area contributed by atoms with Crippen molar-refractivity contribution in [2.75, 3.05) is 6.61 Å². The molecule has 1 heterocycles. The van der Waals surface area contributed by atoms with Gasteiger partial charge in [-0.2, -0.15) is 0 Å². The maximum atomic E-state index is 12.5. The first-order valence-corrected chi connectivity index (χ1v) is 7.59. The van der Waals surface area contributed by atoms with Crippen molar-refractivity contribution >= 4 is 27.4 Å². The van der Waals surface area contributed by atoms with Gasteiger partial charge in [0.05, 0.1) is 10.9 Å². The Morgan fingerprint density at radius 2 is 2.00 bits per heavy atom. The minimum absolute atomic E-state index is 0.0439. The zero-order valence-electron chi connectivity index (χ0n) is 10.3. The fraction of sp³-hybridized carbons (Fsp3) is 0.417. The van der Waals surface area contributed by atoms with Crippen molar-refractivity contribution in [3.05, 3.63) is 29.8 Å². The van der Waals surface area contributed by atoms with Crippen molar-refractivity contribution in [2.24, 2.45) is 0 Å². The van der Waals surface area contributed by atoms with E-state index in [1.807, 2.05) is 13.8 Å². The van der Waals surface area contributed by atoms with Crippen molar-refractivity contribution in [3.8, 4) is 0 Å². The van der Waals surface area contributed by atoms with Crippen molar-refractivity contribution in [1.29, 1.82) is 0 Å². The monoisotopic (exact) mass is 285 g/mol. The summed E-state index contributed by atoms with van der Waals surface area (Å²) in [5.74, 6) is 0. The second-order valence-electron chi connectivity index (χ2n) is 4.25. The summed E-state index contributed by atoms with van der Waals surface area (Å²) in [6.45, 7) is 4.16. The molecule has 1 aliphatic heterocycles. The smallest absolute Gasteiger partial charge is 0.273 e. The minimum atomic E-state index is -3.60. The molecule has 1 fully saturated rings. The maximum Gasteiger partial charge on any atom is 0.273 e. The standard InChI is InChI=1S/C12H15NO3S2/c1-3-10-8-16-12(17)13(10)18(14,15)11-6-4-9(2)5-7-11/h4-7,10H,3,8H2,1-2H3. The van der Waals surface area contributed by atoms with Gasteiger partial charge in [-0.15, -0.1) is 0 Å². The van der Waals surface area contributed by atoms with E-state index >= 15 is 0 Å². The fourth-order valence-electron chi connectivity index (χ4n) is 1.85. The van der Waals surface area contributed by atoms with E-state index in [1.165, 1.54) is 4.31 Å². The maximum absolute atomic E-state index is 12.5. The highest BCUT2D eigenvalue weighted by atomic mass is 32.2. The molecule has 1 unspecified atom stereocenters. The zero-order valence-corrected chi connectivity index (χ0v) is 11.9. The van der Waals surface area contributed by atoms with Crippen LogP contribution in [0.15, 0.2) is 29.2 Å². The SMILES string of the molecule is CCC1COC(=S)N1S(=O)(=O)c1ccc(C)cc1. The summed E-state index contributed by atoms with van der Waals surface area (Å²) in [4.78, 5) is 0.249. The van der Waals surface area contributed by atoms with Gasteiger partial charge < -0.3 is 4.74 Å². The van der Waals surface area contributed by atoms with Crippen molar-refractivity contribution in [1.82, 2.24) is 4.31 Å². The van der Waals surface area contributed by atoms with Crippen LogP contribution in [0, 0.1) is 6.92 Å². The molecule has 98 valence electrons. The van der Waals surface area contributed by atoms with Crippen LogP contribution in [0.4, 0.5) is 0 Å². The predicted molar refractivity (Wildman–Crippen MR) is 72.8 cm³/mol. The van der Waals surface area contributed by atoms with Crippen LogP contribution in [0.2, 0.25) is 0 Å². The lowest BCUT2D eigenvalue weighted by Crippen LogP contribution is -2.38. The Bertz CT molecular complexity index is 551. The molecule has 0 bridgehead atoms. The molecule has 0 amide bonds. The van der Waals surface area contributed by atoms with E-state index in [0.29, 0.717) is 13.0 Å². The summed E-state index contributed by atoms with van der Waals surface area (Å²) in [6.07, 6.45) is 0.672. The number of benzene rings is 1. The molecule has 1 aromatic carbocycles. The van der Waals surface area contributed by atoms with Crippen molar-refractivity contribution < 1.29 is 13.2 Å². The number of nitrogens with zero attached hydrogens (tertiary/aromatic N) is 1. The molecule has 0 spiro atoms. The molecule has 1 aliphatic rings. The lowest BCUT2D eigenvalue weighted by atomic mass is 10.2. The quantitative estimate of drug-likeness (QED) is 0.798. The van der Waals surface area contributed by atoms with Crippen molar-refractivity contribution in [2.45, 2.75) is 31.2 Å². The molecule has 0 N–H and O–H groups in total. The largest absolute Gasteiger partial charge is 0.468 e. The second kappa shape index (κ2) is 4.85. The fourth-order valence-corrected chi connectivity index (χ4v) is 3.92. The minimum Gasteiger partial charge on any atom is -0.468 e. The topological polar surface area (TPSA) is 46.6 Å². The summed E-state index contributed by atoms with van der Waals surface area (Å²) in [5, 5.41) is 0.0439. The average Bonchev–Trinajstić information content (AvgIpc) is 2.71. The lowest BCUT2D eigenvalue weighted by Gasteiger charge is -2.21. The third kappa shape index (κ3) is 2.22. The van der Waals surface area contributed by atoms with Crippen LogP contribution < -0.4 is 0 Å². The Morgan fingerprint density at radius 1 is 1.39 bits per heavy atom. The van der Waals surface area contributed by atoms with E-state index in [9.17, 15) is 8.42 Å². The molecule has 1 aromatic rings. The van der Waals surface area contributed by atoms with Gasteiger partial charge in [0, 0.05) is 0 Å². The molecular weight excluding hydrogens is 270 g/mol. The van der Waals surface area contributed by atoms with E-state index < -0.39 is 10.0 Å². The normalized spacial score (nSPS) is 20.0.